The Labute approximate surface area is 174 Å². The summed E-state index contributed by atoms with van der Waals surface area (Å²) in [7, 11) is 1.63. The second-order valence-corrected chi connectivity index (χ2v) is 7.17. The Bertz CT molecular complexity index is 998. The van der Waals surface area contributed by atoms with Crippen molar-refractivity contribution in [3.05, 3.63) is 72.7 Å². The third-order valence-electron chi connectivity index (χ3n) is 5.04. The first-order valence-electron chi connectivity index (χ1n) is 9.73. The highest BCUT2D eigenvalue weighted by atomic mass is 16.5. The van der Waals surface area contributed by atoms with Gasteiger partial charge < -0.3 is 24.7 Å². The SMILES string of the molecule is COc1ccc(Nc2ccc(NC(=O)[C@@H]3CC(=O)N(Cc4ccco4)C3)cc2)cc1. The van der Waals surface area contributed by atoms with Crippen molar-refractivity contribution in [3.63, 3.8) is 0 Å². The van der Waals surface area contributed by atoms with E-state index in [1.807, 2.05) is 54.6 Å². The van der Waals surface area contributed by atoms with Crippen LogP contribution in [0.5, 0.6) is 5.75 Å². The van der Waals surface area contributed by atoms with E-state index in [2.05, 4.69) is 10.6 Å². The molecule has 4 rings (SSSR count). The maximum Gasteiger partial charge on any atom is 0.229 e. The molecule has 1 fully saturated rings. The Balaban J connectivity index is 1.31. The smallest absolute Gasteiger partial charge is 0.229 e. The van der Waals surface area contributed by atoms with Crippen molar-refractivity contribution in [2.45, 2.75) is 13.0 Å². The normalized spacial score (nSPS) is 15.8. The Morgan fingerprint density at radius 2 is 1.73 bits per heavy atom. The highest BCUT2D eigenvalue weighted by Crippen LogP contribution is 2.24. The number of benzene rings is 2. The molecule has 2 aromatic carbocycles. The van der Waals surface area contributed by atoms with Crippen LogP contribution in [0, 0.1) is 5.92 Å². The summed E-state index contributed by atoms with van der Waals surface area (Å²) < 4.78 is 10.5. The number of amides is 2. The lowest BCUT2D eigenvalue weighted by molar-refractivity contribution is -0.128. The van der Waals surface area contributed by atoms with E-state index < -0.39 is 0 Å². The monoisotopic (exact) mass is 405 g/mol. The summed E-state index contributed by atoms with van der Waals surface area (Å²) in [5.74, 6) is 0.951. The topological polar surface area (TPSA) is 83.8 Å². The van der Waals surface area contributed by atoms with Gasteiger partial charge in [0.05, 0.1) is 25.8 Å². The lowest BCUT2D eigenvalue weighted by Gasteiger charge is -2.15. The molecule has 1 aliphatic heterocycles. The summed E-state index contributed by atoms with van der Waals surface area (Å²) in [6.07, 6.45) is 1.79. The van der Waals surface area contributed by atoms with Gasteiger partial charge in [0.1, 0.15) is 11.5 Å². The first kappa shape index (κ1) is 19.6. The molecule has 0 unspecified atom stereocenters. The van der Waals surface area contributed by atoms with E-state index in [0.717, 1.165) is 17.1 Å². The molecule has 0 spiro atoms. The predicted molar refractivity (Wildman–Crippen MR) is 114 cm³/mol. The van der Waals surface area contributed by atoms with Crippen LogP contribution in [0.3, 0.4) is 0 Å². The predicted octanol–water partition coefficient (Wildman–Crippen LogP) is 4.02. The number of ether oxygens (including phenoxy) is 1. The van der Waals surface area contributed by atoms with Crippen molar-refractivity contribution >= 4 is 28.9 Å². The quantitative estimate of drug-likeness (QED) is 0.620. The molecule has 0 bridgehead atoms. The summed E-state index contributed by atoms with van der Waals surface area (Å²) in [6.45, 7) is 0.782. The van der Waals surface area contributed by atoms with Crippen LogP contribution < -0.4 is 15.4 Å². The van der Waals surface area contributed by atoms with Crippen molar-refractivity contribution < 1.29 is 18.7 Å². The average molecular weight is 405 g/mol. The number of likely N-dealkylation sites (tertiary alicyclic amines) is 1. The number of methoxy groups -OCH3 is 1. The van der Waals surface area contributed by atoms with E-state index in [1.54, 1.807) is 24.3 Å². The van der Waals surface area contributed by atoms with Gasteiger partial charge in [-0.3, -0.25) is 9.59 Å². The Kier molecular flexibility index (Phi) is 5.70. The van der Waals surface area contributed by atoms with Crippen LogP contribution in [0.4, 0.5) is 17.1 Å². The van der Waals surface area contributed by atoms with Gasteiger partial charge in [-0.15, -0.1) is 0 Å². The van der Waals surface area contributed by atoms with E-state index in [1.165, 1.54) is 0 Å². The van der Waals surface area contributed by atoms with Crippen LogP contribution in [0.2, 0.25) is 0 Å². The van der Waals surface area contributed by atoms with Gasteiger partial charge in [-0.25, -0.2) is 0 Å². The Hall–Kier alpha value is -3.74. The lowest BCUT2D eigenvalue weighted by Crippen LogP contribution is -2.27. The van der Waals surface area contributed by atoms with E-state index in [-0.39, 0.29) is 24.2 Å². The fourth-order valence-corrected chi connectivity index (χ4v) is 3.41. The molecule has 2 amide bonds. The van der Waals surface area contributed by atoms with Crippen LogP contribution in [0.1, 0.15) is 12.2 Å². The third kappa shape index (κ3) is 4.63. The van der Waals surface area contributed by atoms with Crippen LogP contribution in [-0.2, 0) is 16.1 Å². The van der Waals surface area contributed by atoms with Crippen molar-refractivity contribution in [2.75, 3.05) is 24.3 Å². The molecule has 1 saturated heterocycles. The molecule has 1 aliphatic rings. The third-order valence-corrected chi connectivity index (χ3v) is 5.04. The molecule has 0 radical (unpaired) electrons. The van der Waals surface area contributed by atoms with Crippen LogP contribution >= 0.6 is 0 Å². The van der Waals surface area contributed by atoms with Crippen LogP contribution in [0.25, 0.3) is 0 Å². The van der Waals surface area contributed by atoms with E-state index in [4.69, 9.17) is 9.15 Å². The molecule has 2 heterocycles. The zero-order valence-corrected chi connectivity index (χ0v) is 16.6. The number of nitrogens with one attached hydrogen (secondary N) is 2. The van der Waals surface area contributed by atoms with E-state index >= 15 is 0 Å². The largest absolute Gasteiger partial charge is 0.497 e. The Morgan fingerprint density at radius 1 is 1.07 bits per heavy atom. The zero-order chi connectivity index (χ0) is 20.9. The number of carbonyl (C=O) groups excluding carboxylic acids is 2. The lowest BCUT2D eigenvalue weighted by atomic mass is 10.1. The summed E-state index contributed by atoms with van der Waals surface area (Å²) in [5.41, 5.74) is 2.53. The van der Waals surface area contributed by atoms with Gasteiger partial charge >= 0.3 is 0 Å². The highest BCUT2D eigenvalue weighted by Gasteiger charge is 2.34. The molecule has 2 N–H and O–H groups in total. The second kappa shape index (κ2) is 8.73. The van der Waals surface area contributed by atoms with Crippen molar-refractivity contribution in [1.29, 1.82) is 0 Å². The van der Waals surface area contributed by atoms with Crippen molar-refractivity contribution in [2.24, 2.45) is 5.92 Å². The minimum absolute atomic E-state index is 0.0365. The number of rotatable bonds is 7. The summed E-state index contributed by atoms with van der Waals surface area (Å²) in [5, 5.41) is 6.20. The number of hydrogen-bond acceptors (Lipinski definition) is 5. The molecular weight excluding hydrogens is 382 g/mol. The number of hydrogen-bond donors (Lipinski definition) is 2. The second-order valence-electron chi connectivity index (χ2n) is 7.17. The fraction of sp³-hybridized carbons (Fsp3) is 0.217. The zero-order valence-electron chi connectivity index (χ0n) is 16.6. The summed E-state index contributed by atoms with van der Waals surface area (Å²) in [6, 6.07) is 18.7. The number of nitrogens with zero attached hydrogens (tertiary/aromatic N) is 1. The standard InChI is InChI=1S/C23H23N3O4/c1-29-20-10-8-18(9-11-20)24-17-4-6-19(7-5-17)25-23(28)16-13-22(27)26(14-16)15-21-3-2-12-30-21/h2-12,16,24H,13-15H2,1H3,(H,25,28)/t16-/m1/s1. The van der Waals surface area contributed by atoms with Crippen molar-refractivity contribution in [3.8, 4) is 5.75 Å². The van der Waals surface area contributed by atoms with Crippen molar-refractivity contribution in [1.82, 2.24) is 4.90 Å². The highest BCUT2D eigenvalue weighted by molar-refractivity contribution is 5.97. The van der Waals surface area contributed by atoms with Gasteiger partial charge in [0.2, 0.25) is 11.8 Å². The average Bonchev–Trinajstić information content (AvgIpc) is 3.40. The molecule has 1 aromatic heterocycles. The van der Waals surface area contributed by atoms with E-state index in [0.29, 0.717) is 24.5 Å². The minimum Gasteiger partial charge on any atom is -0.497 e. The maximum atomic E-state index is 12.6. The maximum absolute atomic E-state index is 12.6. The summed E-state index contributed by atoms with van der Waals surface area (Å²) >= 11 is 0. The van der Waals surface area contributed by atoms with Gasteiger partial charge in [-0.05, 0) is 60.7 Å². The first-order valence-corrected chi connectivity index (χ1v) is 9.73. The molecule has 7 nitrogen and oxygen atoms in total. The van der Waals surface area contributed by atoms with Crippen LogP contribution in [-0.4, -0.2) is 30.4 Å². The number of anilines is 3. The number of carbonyl (C=O) groups is 2. The molecule has 1 atom stereocenters. The Morgan fingerprint density at radius 3 is 2.37 bits per heavy atom. The van der Waals surface area contributed by atoms with Gasteiger partial charge in [-0.2, -0.15) is 0 Å². The first-order chi connectivity index (χ1) is 14.6. The van der Waals surface area contributed by atoms with Gasteiger partial charge in [0.15, 0.2) is 0 Å². The minimum atomic E-state index is -0.371. The fourth-order valence-electron chi connectivity index (χ4n) is 3.41. The van der Waals surface area contributed by atoms with E-state index in [9.17, 15) is 9.59 Å². The van der Waals surface area contributed by atoms with Gasteiger partial charge in [0, 0.05) is 30.0 Å². The van der Waals surface area contributed by atoms with Gasteiger partial charge in [-0.1, -0.05) is 0 Å². The van der Waals surface area contributed by atoms with Gasteiger partial charge in [0.25, 0.3) is 0 Å². The molecule has 30 heavy (non-hydrogen) atoms. The summed E-state index contributed by atoms with van der Waals surface area (Å²) in [4.78, 5) is 26.5. The van der Waals surface area contributed by atoms with Crippen LogP contribution in [0.15, 0.2) is 71.3 Å². The molecule has 7 heteroatoms. The molecule has 0 saturated carbocycles. The molecule has 3 aromatic rings. The number of furan rings is 1. The molecule has 154 valence electrons. The molecular formula is C23H23N3O4. The molecule has 0 aliphatic carbocycles.